The maximum atomic E-state index is 12.4. The van der Waals surface area contributed by atoms with Gasteiger partial charge in [0, 0.05) is 0 Å². The molecule has 1 saturated heterocycles. The van der Waals surface area contributed by atoms with E-state index in [-0.39, 0.29) is 46.3 Å². The number of carbonyl (C=O) groups is 2. The average Bonchev–Trinajstić information content (AvgIpc) is 3.16. The lowest BCUT2D eigenvalue weighted by Gasteiger charge is -2.13. The van der Waals surface area contributed by atoms with Gasteiger partial charge >= 0.3 is 0 Å². The Morgan fingerprint density at radius 3 is 2.41 bits per heavy atom. The number of rotatable bonds is 2. The summed E-state index contributed by atoms with van der Waals surface area (Å²) in [5.74, 6) is -0.596. The van der Waals surface area contributed by atoms with E-state index in [1.807, 2.05) is 12.2 Å². The lowest BCUT2D eigenvalue weighted by Crippen LogP contribution is -2.28. The Kier molecular flexibility index (Phi) is 2.87. The molecule has 2 bridgehead atoms. The van der Waals surface area contributed by atoms with Gasteiger partial charge in [0.2, 0.25) is 0 Å². The highest BCUT2D eigenvalue weighted by molar-refractivity contribution is 6.32. The molecule has 0 spiro atoms. The molecule has 3 aliphatic rings. The van der Waals surface area contributed by atoms with Gasteiger partial charge in [0.25, 0.3) is 11.8 Å². The van der Waals surface area contributed by atoms with E-state index >= 15 is 0 Å². The smallest absolute Gasteiger partial charge is 0.254 e. The molecule has 1 aromatic rings. The molecule has 6 heteroatoms. The van der Waals surface area contributed by atoms with Gasteiger partial charge in [0.1, 0.15) is 5.75 Å². The number of hydrogen-bond donors (Lipinski definition) is 1. The van der Waals surface area contributed by atoms with Crippen LogP contribution in [-0.4, -0.2) is 28.1 Å². The van der Waals surface area contributed by atoms with Crippen LogP contribution in [0.2, 0.25) is 5.02 Å². The third-order valence-corrected chi connectivity index (χ3v) is 5.04. The summed E-state index contributed by atoms with van der Waals surface area (Å²) in [6, 6.07) is 4.58. The number of aromatic hydroxyl groups is 1. The molecule has 4 rings (SSSR count). The van der Waals surface area contributed by atoms with Crippen molar-refractivity contribution in [2.75, 3.05) is 0 Å². The summed E-state index contributed by atoms with van der Waals surface area (Å²) in [6.07, 6.45) is 6.41. The Labute approximate surface area is 131 Å². The van der Waals surface area contributed by atoms with Crippen molar-refractivity contribution in [3.8, 4) is 5.75 Å². The molecule has 1 aliphatic heterocycles. The fraction of sp³-hybridized carbons (Fsp3) is 0.312. The summed E-state index contributed by atoms with van der Waals surface area (Å²) in [7, 11) is 0. The molecule has 0 unspecified atom stereocenters. The molecular formula is C16H13ClN2O3. The zero-order chi connectivity index (χ0) is 15.4. The second-order valence-corrected chi connectivity index (χ2v) is 6.35. The molecule has 5 nitrogen and oxygen atoms in total. The highest BCUT2D eigenvalue weighted by Gasteiger charge is 2.59. The third kappa shape index (κ3) is 1.82. The van der Waals surface area contributed by atoms with Crippen LogP contribution in [0, 0.1) is 23.7 Å². The Bertz CT molecular complexity index is 713. The average molecular weight is 317 g/mol. The quantitative estimate of drug-likeness (QED) is 0.516. The van der Waals surface area contributed by atoms with Gasteiger partial charge < -0.3 is 5.11 Å². The van der Waals surface area contributed by atoms with E-state index in [4.69, 9.17) is 11.6 Å². The number of phenols is 1. The van der Waals surface area contributed by atoms with E-state index < -0.39 is 0 Å². The maximum absolute atomic E-state index is 12.4. The topological polar surface area (TPSA) is 70.0 Å². The van der Waals surface area contributed by atoms with Gasteiger partial charge in [0.15, 0.2) is 0 Å². The van der Waals surface area contributed by atoms with Crippen LogP contribution in [0.25, 0.3) is 0 Å². The van der Waals surface area contributed by atoms with Gasteiger partial charge in [0.05, 0.1) is 23.1 Å². The molecule has 22 heavy (non-hydrogen) atoms. The fourth-order valence-electron chi connectivity index (χ4n) is 3.73. The van der Waals surface area contributed by atoms with Crippen molar-refractivity contribution in [2.45, 2.75) is 6.42 Å². The van der Waals surface area contributed by atoms with Gasteiger partial charge in [-0.1, -0.05) is 23.8 Å². The lowest BCUT2D eigenvalue weighted by molar-refractivity contribution is -0.140. The van der Waals surface area contributed by atoms with Crippen molar-refractivity contribution in [2.24, 2.45) is 28.8 Å². The number of nitrogens with zero attached hydrogens (tertiary/aromatic N) is 2. The summed E-state index contributed by atoms with van der Waals surface area (Å²) in [6.45, 7) is 0. The molecule has 112 valence electrons. The first-order chi connectivity index (χ1) is 10.6. The second kappa shape index (κ2) is 4.68. The minimum Gasteiger partial charge on any atom is -0.506 e. The van der Waals surface area contributed by atoms with Crippen molar-refractivity contribution in [3.05, 3.63) is 40.9 Å². The number of hydrazone groups is 1. The molecule has 1 N–H and O–H groups in total. The first-order valence-electron chi connectivity index (χ1n) is 7.15. The van der Waals surface area contributed by atoms with Crippen molar-refractivity contribution in [3.63, 3.8) is 0 Å². The largest absolute Gasteiger partial charge is 0.506 e. The molecule has 1 aromatic carbocycles. The van der Waals surface area contributed by atoms with Crippen LogP contribution in [0.3, 0.4) is 0 Å². The molecular weight excluding hydrogens is 304 g/mol. The lowest BCUT2D eigenvalue weighted by atomic mass is 9.85. The van der Waals surface area contributed by atoms with Crippen LogP contribution in [0.4, 0.5) is 0 Å². The third-order valence-electron chi connectivity index (χ3n) is 4.74. The van der Waals surface area contributed by atoms with Crippen LogP contribution in [0.5, 0.6) is 5.75 Å². The number of amides is 2. The molecule has 4 atom stereocenters. The highest BCUT2D eigenvalue weighted by atomic mass is 35.5. The Morgan fingerprint density at radius 1 is 1.18 bits per heavy atom. The van der Waals surface area contributed by atoms with Gasteiger partial charge in [-0.2, -0.15) is 10.1 Å². The van der Waals surface area contributed by atoms with Crippen LogP contribution >= 0.6 is 11.6 Å². The van der Waals surface area contributed by atoms with Crippen LogP contribution < -0.4 is 0 Å². The Balaban J connectivity index is 1.59. The predicted octanol–water partition coefficient (Wildman–Crippen LogP) is 2.19. The number of carbonyl (C=O) groups excluding carboxylic acids is 2. The van der Waals surface area contributed by atoms with Gasteiger partial charge in [-0.05, 0) is 42.0 Å². The standard InChI is InChI=1S/C16H13ClN2O3/c17-11-5-8(1-4-12(11)20)7-18-19-15(21)13-9-2-3-10(6-9)14(13)16(19)22/h1-5,7,9-10,13-14,20H,6H2/t9-,10-,13-,14+/m0/s1. The summed E-state index contributed by atoms with van der Waals surface area (Å²) >= 11 is 5.82. The normalized spacial score (nSPS) is 32.5. The summed E-state index contributed by atoms with van der Waals surface area (Å²) < 4.78 is 0. The van der Waals surface area contributed by atoms with E-state index in [2.05, 4.69) is 5.10 Å². The van der Waals surface area contributed by atoms with Crippen molar-refractivity contribution in [1.82, 2.24) is 5.01 Å². The second-order valence-electron chi connectivity index (χ2n) is 5.94. The zero-order valence-electron chi connectivity index (χ0n) is 11.5. The SMILES string of the molecule is O=C1[C@@H]2[C@H](C(=O)N1N=Cc1ccc(O)c(Cl)c1)[C@H]1C=C[C@H]2C1. The maximum Gasteiger partial charge on any atom is 0.254 e. The van der Waals surface area contributed by atoms with Crippen LogP contribution in [0.1, 0.15) is 12.0 Å². The number of hydrogen-bond acceptors (Lipinski definition) is 4. The molecule has 1 heterocycles. The van der Waals surface area contributed by atoms with E-state index in [1.165, 1.54) is 18.3 Å². The first kappa shape index (κ1) is 13.5. The van der Waals surface area contributed by atoms with Crippen molar-refractivity contribution < 1.29 is 14.7 Å². The minimum atomic E-state index is -0.247. The zero-order valence-corrected chi connectivity index (χ0v) is 12.3. The monoisotopic (exact) mass is 316 g/mol. The Hall–Kier alpha value is -2.14. The number of imide groups is 1. The number of halogens is 1. The molecule has 2 amide bonds. The molecule has 0 radical (unpaired) electrons. The Morgan fingerprint density at radius 2 is 1.82 bits per heavy atom. The number of fused-ring (bicyclic) bond motifs is 5. The molecule has 2 aliphatic carbocycles. The predicted molar refractivity (Wildman–Crippen MR) is 80.3 cm³/mol. The van der Waals surface area contributed by atoms with Crippen molar-refractivity contribution in [1.29, 1.82) is 0 Å². The molecule has 0 aromatic heterocycles. The summed E-state index contributed by atoms with van der Waals surface area (Å²) in [5.41, 5.74) is 0.613. The van der Waals surface area contributed by atoms with E-state index in [0.717, 1.165) is 11.4 Å². The number of benzene rings is 1. The minimum absolute atomic E-state index is 0.0238. The highest BCUT2D eigenvalue weighted by Crippen LogP contribution is 2.52. The van der Waals surface area contributed by atoms with Crippen LogP contribution in [-0.2, 0) is 9.59 Å². The number of phenolic OH excluding ortho intramolecular Hbond substituents is 1. The van der Waals surface area contributed by atoms with Gasteiger partial charge in [-0.3, -0.25) is 9.59 Å². The van der Waals surface area contributed by atoms with Crippen LogP contribution in [0.15, 0.2) is 35.5 Å². The van der Waals surface area contributed by atoms with E-state index in [9.17, 15) is 14.7 Å². The first-order valence-corrected chi connectivity index (χ1v) is 7.52. The summed E-state index contributed by atoms with van der Waals surface area (Å²) in [5, 5.41) is 14.6. The molecule has 1 saturated carbocycles. The molecule has 2 fully saturated rings. The van der Waals surface area contributed by atoms with Crippen molar-refractivity contribution >= 4 is 29.6 Å². The van der Waals surface area contributed by atoms with Gasteiger partial charge in [-0.15, -0.1) is 0 Å². The van der Waals surface area contributed by atoms with E-state index in [1.54, 1.807) is 6.07 Å². The van der Waals surface area contributed by atoms with E-state index in [0.29, 0.717) is 5.56 Å². The fourth-order valence-corrected chi connectivity index (χ4v) is 3.92. The van der Waals surface area contributed by atoms with Gasteiger partial charge in [-0.25, -0.2) is 0 Å². The number of allylic oxidation sites excluding steroid dienone is 2. The summed E-state index contributed by atoms with van der Waals surface area (Å²) in [4.78, 5) is 24.8.